The van der Waals surface area contributed by atoms with Crippen molar-refractivity contribution in [2.45, 2.75) is 70.1 Å². The van der Waals surface area contributed by atoms with E-state index < -0.39 is 48.3 Å². The lowest BCUT2D eigenvalue weighted by molar-refractivity contribution is -0.398. The van der Waals surface area contributed by atoms with Gasteiger partial charge in [0.25, 0.3) is 0 Å². The van der Waals surface area contributed by atoms with Gasteiger partial charge in [-0.3, -0.25) is 5.26 Å². The predicted molar refractivity (Wildman–Crippen MR) is 61.7 cm³/mol. The van der Waals surface area contributed by atoms with Gasteiger partial charge in [-0.25, -0.2) is 4.89 Å². The van der Waals surface area contributed by atoms with Crippen LogP contribution in [0.25, 0.3) is 0 Å². The third kappa shape index (κ3) is 4.23. The van der Waals surface area contributed by atoms with Crippen LogP contribution < -0.4 is 0 Å². The maximum absolute atomic E-state index is 13.3. The van der Waals surface area contributed by atoms with Gasteiger partial charge in [-0.2, -0.15) is 39.5 Å². The molecule has 0 radical (unpaired) electrons. The van der Waals surface area contributed by atoms with E-state index in [1.54, 1.807) is 6.92 Å². The fourth-order valence-corrected chi connectivity index (χ4v) is 1.69. The van der Waals surface area contributed by atoms with Crippen LogP contribution >= 0.6 is 0 Å². The summed E-state index contributed by atoms with van der Waals surface area (Å²) in [7, 11) is 0. The van der Waals surface area contributed by atoms with Gasteiger partial charge in [-0.15, -0.1) is 0 Å². The highest BCUT2D eigenvalue weighted by Gasteiger charge is 2.81. The molecule has 0 fully saturated rings. The smallest absolute Gasteiger partial charge is 0.252 e. The lowest BCUT2D eigenvalue weighted by atomic mass is 9.81. The highest BCUT2D eigenvalue weighted by Crippen LogP contribution is 2.54. The van der Waals surface area contributed by atoms with E-state index in [9.17, 15) is 39.5 Å². The Hall–Kier alpha value is -0.710. The Bertz CT molecular complexity index is 390. The molecule has 23 heavy (non-hydrogen) atoms. The molecule has 11 heteroatoms. The summed E-state index contributed by atoms with van der Waals surface area (Å²) in [5.41, 5.74) is -0.993. The molecule has 0 aliphatic heterocycles. The summed E-state index contributed by atoms with van der Waals surface area (Å²) < 4.78 is 114. The highest BCUT2D eigenvalue weighted by molar-refractivity contribution is 5.00. The molecule has 0 aromatic carbocycles. The van der Waals surface area contributed by atoms with Crippen molar-refractivity contribution in [1.29, 1.82) is 0 Å². The molecule has 0 aromatic rings. The van der Waals surface area contributed by atoms with E-state index in [1.807, 2.05) is 0 Å². The van der Waals surface area contributed by atoms with Gasteiger partial charge in [0, 0.05) is 6.42 Å². The van der Waals surface area contributed by atoms with E-state index in [2.05, 4.69) is 4.89 Å². The first-order valence-corrected chi connectivity index (χ1v) is 6.48. The molecule has 0 saturated carbocycles. The predicted octanol–water partition coefficient (Wildman–Crippen LogP) is 5.53. The zero-order chi connectivity index (χ0) is 18.9. The van der Waals surface area contributed by atoms with Crippen LogP contribution in [0.4, 0.5) is 39.5 Å². The molecule has 0 aliphatic carbocycles. The normalized spacial score (nSPS) is 16.6. The van der Waals surface area contributed by atoms with E-state index in [1.165, 1.54) is 13.8 Å². The van der Waals surface area contributed by atoms with Crippen molar-refractivity contribution in [1.82, 2.24) is 0 Å². The zero-order valence-electron chi connectivity index (χ0n) is 12.5. The van der Waals surface area contributed by atoms with Gasteiger partial charge in [-0.05, 0) is 18.3 Å². The molecule has 0 aromatic heterocycles. The van der Waals surface area contributed by atoms with Gasteiger partial charge >= 0.3 is 23.9 Å². The van der Waals surface area contributed by atoms with Crippen molar-refractivity contribution in [3.63, 3.8) is 0 Å². The van der Waals surface area contributed by atoms with Crippen LogP contribution in [0.5, 0.6) is 0 Å². The van der Waals surface area contributed by atoms with Crippen molar-refractivity contribution >= 4 is 0 Å². The van der Waals surface area contributed by atoms with Gasteiger partial charge in [-0.1, -0.05) is 20.8 Å². The molecule has 0 heterocycles. The van der Waals surface area contributed by atoms with Crippen LogP contribution in [-0.4, -0.2) is 35.3 Å². The second kappa shape index (κ2) is 6.66. The van der Waals surface area contributed by atoms with Gasteiger partial charge in [0.2, 0.25) is 0 Å². The first-order valence-electron chi connectivity index (χ1n) is 6.48. The Kier molecular flexibility index (Phi) is 6.45. The summed E-state index contributed by atoms with van der Waals surface area (Å²) in [6.45, 7) is 4.37. The topological polar surface area (TPSA) is 29.5 Å². The van der Waals surface area contributed by atoms with Crippen LogP contribution in [0.2, 0.25) is 0 Å². The highest BCUT2D eigenvalue weighted by atomic mass is 19.4. The Morgan fingerprint density at radius 2 is 1.30 bits per heavy atom. The van der Waals surface area contributed by atoms with Gasteiger partial charge in [0.05, 0.1) is 6.10 Å². The molecule has 140 valence electrons. The second-order valence-corrected chi connectivity index (χ2v) is 5.83. The molecule has 0 saturated heterocycles. The SMILES string of the molecule is CCC(C)(C)C(CCC(F)(F)C(F)(F)C(F)(F)C(F)(F)F)OO. The third-order valence-electron chi connectivity index (χ3n) is 3.84. The average Bonchev–Trinajstić information content (AvgIpc) is 2.37. The van der Waals surface area contributed by atoms with Gasteiger partial charge < -0.3 is 0 Å². The molecule has 0 rings (SSSR count). The summed E-state index contributed by atoms with van der Waals surface area (Å²) in [4.78, 5) is 3.88. The first kappa shape index (κ1) is 22.3. The third-order valence-corrected chi connectivity index (χ3v) is 3.84. The van der Waals surface area contributed by atoms with E-state index in [0.717, 1.165) is 0 Å². The molecular weight excluding hydrogens is 347 g/mol. The largest absolute Gasteiger partial charge is 0.460 e. The molecule has 2 nitrogen and oxygen atoms in total. The van der Waals surface area contributed by atoms with Crippen LogP contribution in [0, 0.1) is 5.41 Å². The Morgan fingerprint density at radius 3 is 1.61 bits per heavy atom. The van der Waals surface area contributed by atoms with E-state index in [4.69, 9.17) is 5.26 Å². The van der Waals surface area contributed by atoms with Crippen molar-refractivity contribution < 1.29 is 49.7 Å². The number of hydrogen-bond acceptors (Lipinski definition) is 2. The molecule has 0 bridgehead atoms. The summed E-state index contributed by atoms with van der Waals surface area (Å²) in [6.07, 6.45) is -11.1. The fourth-order valence-electron chi connectivity index (χ4n) is 1.69. The maximum atomic E-state index is 13.3. The van der Waals surface area contributed by atoms with Crippen molar-refractivity contribution in [2.75, 3.05) is 0 Å². The Balaban J connectivity index is 5.34. The Morgan fingerprint density at radius 1 is 0.870 bits per heavy atom. The van der Waals surface area contributed by atoms with Crippen molar-refractivity contribution in [3.8, 4) is 0 Å². The summed E-state index contributed by atoms with van der Waals surface area (Å²) in [6, 6.07) is 0. The van der Waals surface area contributed by atoms with Crippen LogP contribution in [0.3, 0.4) is 0 Å². The molecule has 1 atom stereocenters. The minimum atomic E-state index is -6.90. The maximum Gasteiger partial charge on any atom is 0.460 e. The van der Waals surface area contributed by atoms with Crippen LogP contribution in [0.1, 0.15) is 40.0 Å². The Labute approximate surface area is 126 Å². The summed E-state index contributed by atoms with van der Waals surface area (Å²) in [5, 5.41) is 8.62. The average molecular weight is 364 g/mol. The van der Waals surface area contributed by atoms with E-state index in [0.29, 0.717) is 0 Å². The minimum Gasteiger partial charge on any atom is -0.252 e. The number of rotatable bonds is 8. The lowest BCUT2D eigenvalue weighted by Gasteiger charge is -2.36. The number of alkyl halides is 9. The van der Waals surface area contributed by atoms with Crippen LogP contribution in [-0.2, 0) is 4.89 Å². The quantitative estimate of drug-likeness (QED) is 0.349. The first-order chi connectivity index (χ1) is 9.98. The number of halogens is 9. The van der Waals surface area contributed by atoms with E-state index >= 15 is 0 Å². The van der Waals surface area contributed by atoms with Gasteiger partial charge in [0.1, 0.15) is 0 Å². The fraction of sp³-hybridized carbons (Fsp3) is 1.00. The van der Waals surface area contributed by atoms with Crippen molar-refractivity contribution in [2.24, 2.45) is 5.41 Å². The van der Waals surface area contributed by atoms with Gasteiger partial charge in [0.15, 0.2) is 0 Å². The molecule has 1 N–H and O–H groups in total. The minimum absolute atomic E-state index is 0.235. The molecule has 0 aliphatic rings. The molecule has 0 spiro atoms. The summed E-state index contributed by atoms with van der Waals surface area (Å²) >= 11 is 0. The molecular formula is C12H17F9O2. The molecule has 1 unspecified atom stereocenters. The zero-order valence-corrected chi connectivity index (χ0v) is 12.5. The second-order valence-electron chi connectivity index (χ2n) is 5.83. The van der Waals surface area contributed by atoms with E-state index in [-0.39, 0.29) is 6.42 Å². The van der Waals surface area contributed by atoms with Crippen LogP contribution in [0.15, 0.2) is 0 Å². The van der Waals surface area contributed by atoms with Crippen molar-refractivity contribution in [3.05, 3.63) is 0 Å². The standard InChI is InChI=1S/C12H17F9O2/c1-4-8(2,3)7(23-22)5-6-9(13,14)10(15,16)11(17,18)12(19,20)21/h7,22H,4-6H2,1-3H3. The monoisotopic (exact) mass is 364 g/mol. The molecule has 0 amide bonds. The number of hydrogen-bond donors (Lipinski definition) is 1. The summed E-state index contributed by atoms with van der Waals surface area (Å²) in [5.74, 6) is -19.2. The lowest BCUT2D eigenvalue weighted by Crippen LogP contribution is -2.61.